The van der Waals surface area contributed by atoms with Gasteiger partial charge in [0.25, 0.3) is 0 Å². The molecular formula is C15H11ClO4. The molecule has 5 heteroatoms. The van der Waals surface area contributed by atoms with Gasteiger partial charge in [0.15, 0.2) is 17.6 Å². The van der Waals surface area contributed by atoms with E-state index >= 15 is 0 Å². The first kappa shape index (κ1) is 12.8. The predicted octanol–water partition coefficient (Wildman–Crippen LogP) is 3.31. The number of carboxylic acids is 1. The standard InChI is InChI=1S/C15H11ClO4/c16-10-6-2-1-5-9(10)13-14(15(17)18)20-12-8-4-3-7-11(12)19-13/h1-8,13-14H,(H,17,18). The number of aliphatic carboxylic acids is 1. The molecule has 0 bridgehead atoms. The van der Waals surface area contributed by atoms with Crippen molar-refractivity contribution in [2.75, 3.05) is 0 Å². The highest BCUT2D eigenvalue weighted by molar-refractivity contribution is 6.31. The highest BCUT2D eigenvalue weighted by Crippen LogP contribution is 2.40. The van der Waals surface area contributed by atoms with Crippen molar-refractivity contribution >= 4 is 17.6 Å². The molecule has 0 saturated carbocycles. The Morgan fingerprint density at radius 1 is 1.00 bits per heavy atom. The Kier molecular flexibility index (Phi) is 3.24. The van der Waals surface area contributed by atoms with Gasteiger partial charge in [-0.1, -0.05) is 41.9 Å². The number of ether oxygens (including phenoxy) is 2. The quantitative estimate of drug-likeness (QED) is 0.922. The molecule has 0 amide bonds. The van der Waals surface area contributed by atoms with E-state index in [0.29, 0.717) is 22.1 Å². The molecular weight excluding hydrogens is 280 g/mol. The van der Waals surface area contributed by atoms with Gasteiger partial charge < -0.3 is 14.6 Å². The lowest BCUT2D eigenvalue weighted by Gasteiger charge is -2.32. The van der Waals surface area contributed by atoms with Gasteiger partial charge in [0.2, 0.25) is 6.10 Å². The molecule has 2 unspecified atom stereocenters. The number of rotatable bonds is 2. The summed E-state index contributed by atoms with van der Waals surface area (Å²) in [7, 11) is 0. The molecule has 20 heavy (non-hydrogen) atoms. The summed E-state index contributed by atoms with van der Waals surface area (Å²) < 4.78 is 11.3. The first-order chi connectivity index (χ1) is 9.66. The topological polar surface area (TPSA) is 55.8 Å². The maximum absolute atomic E-state index is 11.4. The lowest BCUT2D eigenvalue weighted by atomic mass is 10.0. The molecule has 4 nitrogen and oxygen atoms in total. The van der Waals surface area contributed by atoms with Crippen molar-refractivity contribution in [2.45, 2.75) is 12.2 Å². The number of para-hydroxylation sites is 2. The molecule has 0 aliphatic carbocycles. The summed E-state index contributed by atoms with van der Waals surface area (Å²) in [6, 6.07) is 14.0. The van der Waals surface area contributed by atoms with Crippen molar-refractivity contribution in [2.24, 2.45) is 0 Å². The van der Waals surface area contributed by atoms with Gasteiger partial charge in [-0.25, -0.2) is 4.79 Å². The van der Waals surface area contributed by atoms with Crippen LogP contribution in [0.5, 0.6) is 11.5 Å². The van der Waals surface area contributed by atoms with E-state index in [9.17, 15) is 9.90 Å². The van der Waals surface area contributed by atoms with Crippen molar-refractivity contribution in [1.29, 1.82) is 0 Å². The largest absolute Gasteiger partial charge is 0.478 e. The minimum atomic E-state index is -1.13. The highest BCUT2D eigenvalue weighted by Gasteiger charge is 2.39. The molecule has 0 fully saturated rings. The van der Waals surface area contributed by atoms with E-state index in [1.54, 1.807) is 48.5 Å². The smallest absolute Gasteiger partial charge is 0.349 e. The fraction of sp³-hybridized carbons (Fsp3) is 0.133. The lowest BCUT2D eigenvalue weighted by molar-refractivity contribution is -0.151. The van der Waals surface area contributed by atoms with Gasteiger partial charge in [-0.15, -0.1) is 0 Å². The molecule has 2 aromatic rings. The van der Waals surface area contributed by atoms with Crippen LogP contribution in [0.15, 0.2) is 48.5 Å². The Labute approximate surface area is 120 Å². The highest BCUT2D eigenvalue weighted by atomic mass is 35.5. The first-order valence-electron chi connectivity index (χ1n) is 6.06. The zero-order valence-electron chi connectivity index (χ0n) is 10.3. The molecule has 1 aliphatic rings. The van der Waals surface area contributed by atoms with Crippen molar-refractivity contribution in [1.82, 2.24) is 0 Å². The molecule has 0 radical (unpaired) electrons. The summed E-state index contributed by atoms with van der Waals surface area (Å²) in [5, 5.41) is 9.79. The summed E-state index contributed by atoms with van der Waals surface area (Å²) in [6.45, 7) is 0. The van der Waals surface area contributed by atoms with E-state index < -0.39 is 18.2 Å². The molecule has 0 saturated heterocycles. The molecule has 0 spiro atoms. The van der Waals surface area contributed by atoms with Gasteiger partial charge >= 0.3 is 5.97 Å². The Morgan fingerprint density at radius 2 is 1.60 bits per heavy atom. The van der Waals surface area contributed by atoms with Crippen molar-refractivity contribution in [3.63, 3.8) is 0 Å². The van der Waals surface area contributed by atoms with Crippen molar-refractivity contribution in [3.8, 4) is 11.5 Å². The van der Waals surface area contributed by atoms with Crippen LogP contribution in [0, 0.1) is 0 Å². The van der Waals surface area contributed by atoms with Crippen LogP contribution in [0.4, 0.5) is 0 Å². The lowest BCUT2D eigenvalue weighted by Crippen LogP contribution is -2.39. The van der Waals surface area contributed by atoms with Crippen LogP contribution in [0.2, 0.25) is 5.02 Å². The summed E-state index contributed by atoms with van der Waals surface area (Å²) in [6.07, 6.45) is -1.92. The second kappa shape index (κ2) is 5.06. The molecule has 0 aromatic heterocycles. The van der Waals surface area contributed by atoms with Gasteiger partial charge in [-0.2, -0.15) is 0 Å². The number of hydrogen-bond donors (Lipinski definition) is 1. The van der Waals surface area contributed by atoms with E-state index in [1.807, 2.05) is 0 Å². The summed E-state index contributed by atoms with van der Waals surface area (Å²) in [5.74, 6) is -0.164. The molecule has 2 aromatic carbocycles. The van der Waals surface area contributed by atoms with Crippen molar-refractivity contribution in [3.05, 3.63) is 59.1 Å². The predicted molar refractivity (Wildman–Crippen MR) is 73.3 cm³/mol. The second-order valence-electron chi connectivity index (χ2n) is 4.38. The van der Waals surface area contributed by atoms with Gasteiger partial charge in [-0.3, -0.25) is 0 Å². The summed E-state index contributed by atoms with van der Waals surface area (Å²) in [5.41, 5.74) is 0.594. The Bertz CT molecular complexity index is 656. The second-order valence-corrected chi connectivity index (χ2v) is 4.79. The van der Waals surface area contributed by atoms with E-state index in [-0.39, 0.29) is 0 Å². The van der Waals surface area contributed by atoms with Crippen LogP contribution in [-0.2, 0) is 4.79 Å². The normalized spacial score (nSPS) is 20.4. The molecule has 2 atom stereocenters. The fourth-order valence-electron chi connectivity index (χ4n) is 2.15. The van der Waals surface area contributed by atoms with Crippen molar-refractivity contribution < 1.29 is 19.4 Å². The monoisotopic (exact) mass is 290 g/mol. The first-order valence-corrected chi connectivity index (χ1v) is 6.44. The van der Waals surface area contributed by atoms with Gasteiger partial charge in [0.05, 0.1) is 0 Å². The Hall–Kier alpha value is -2.20. The summed E-state index contributed by atoms with van der Waals surface area (Å²) in [4.78, 5) is 11.4. The maximum Gasteiger partial charge on any atom is 0.349 e. The van der Waals surface area contributed by atoms with Gasteiger partial charge in [-0.05, 0) is 18.2 Å². The molecule has 1 aliphatic heterocycles. The van der Waals surface area contributed by atoms with E-state index in [4.69, 9.17) is 21.1 Å². The number of carboxylic acid groups (broad SMARTS) is 1. The van der Waals surface area contributed by atoms with Crippen LogP contribution in [0.3, 0.4) is 0 Å². The van der Waals surface area contributed by atoms with Crippen LogP contribution >= 0.6 is 11.6 Å². The van der Waals surface area contributed by atoms with E-state index in [0.717, 1.165) is 0 Å². The average molecular weight is 291 g/mol. The number of carbonyl (C=O) groups is 1. The molecule has 1 heterocycles. The van der Waals surface area contributed by atoms with E-state index in [2.05, 4.69) is 0 Å². The Morgan fingerprint density at radius 3 is 2.25 bits per heavy atom. The van der Waals surface area contributed by atoms with Crippen LogP contribution in [0.1, 0.15) is 11.7 Å². The third-order valence-corrected chi connectivity index (χ3v) is 3.43. The minimum Gasteiger partial charge on any atom is -0.478 e. The van der Waals surface area contributed by atoms with Crippen LogP contribution in [0.25, 0.3) is 0 Å². The van der Waals surface area contributed by atoms with Crippen LogP contribution in [-0.4, -0.2) is 17.2 Å². The number of fused-ring (bicyclic) bond motifs is 1. The number of benzene rings is 2. The number of halogens is 1. The Balaban J connectivity index is 2.05. The summed E-state index contributed by atoms with van der Waals surface area (Å²) >= 11 is 6.13. The third-order valence-electron chi connectivity index (χ3n) is 3.09. The SMILES string of the molecule is O=C(O)C1Oc2ccccc2OC1c1ccccc1Cl. The fourth-order valence-corrected chi connectivity index (χ4v) is 2.40. The van der Waals surface area contributed by atoms with Crippen LogP contribution < -0.4 is 9.47 Å². The third kappa shape index (κ3) is 2.18. The van der Waals surface area contributed by atoms with Gasteiger partial charge in [0.1, 0.15) is 0 Å². The minimum absolute atomic E-state index is 0.420. The molecule has 1 N–H and O–H groups in total. The number of hydrogen-bond acceptors (Lipinski definition) is 3. The van der Waals surface area contributed by atoms with Gasteiger partial charge in [0, 0.05) is 10.6 Å². The molecule has 102 valence electrons. The molecule has 3 rings (SSSR count). The zero-order valence-corrected chi connectivity index (χ0v) is 11.1. The average Bonchev–Trinajstić information content (AvgIpc) is 2.46. The maximum atomic E-state index is 11.4. The zero-order chi connectivity index (χ0) is 14.1. The van der Waals surface area contributed by atoms with E-state index in [1.165, 1.54) is 0 Å².